The maximum absolute atomic E-state index is 14.8. The molecule has 4 bridgehead atoms. The Balaban J connectivity index is 1.76. The SMILES string of the molecule is CCCCCCCCc1ccc(C(=O)C[C@@H](CCCN)C(=O)N(C)[C@@H]2C(=O)C[C@@H](C)C(=O)N[C@H](C(=O)CCB(O)O)Cc3ccc(OCCN)c(c3)-c3cc2ccc3OCCN)cc1. The Morgan fingerprint density at radius 2 is 1.47 bits per heavy atom. The molecule has 0 spiro atoms. The van der Waals surface area contributed by atoms with Crippen LogP contribution in [-0.4, -0.2) is 97.2 Å². The number of hydrogen-bond acceptors (Lipinski definition) is 12. The van der Waals surface area contributed by atoms with Gasteiger partial charge < -0.3 is 46.9 Å². The number of fused-ring (bicyclic) bond motifs is 5. The van der Waals surface area contributed by atoms with E-state index in [9.17, 15) is 34.0 Å². The van der Waals surface area contributed by atoms with E-state index in [0.29, 0.717) is 58.7 Å². The molecule has 0 fully saturated rings. The first-order chi connectivity index (χ1) is 30.8. The number of Topliss-reactive ketones (excluding diaryl/α,β-unsaturated/α-hetero) is 3. The fourth-order valence-electron chi connectivity index (χ4n) is 8.21. The van der Waals surface area contributed by atoms with Crippen molar-refractivity contribution >= 4 is 36.3 Å². The summed E-state index contributed by atoms with van der Waals surface area (Å²) in [6, 6.07) is 15.8. The molecule has 3 aromatic rings. The van der Waals surface area contributed by atoms with Crippen molar-refractivity contribution in [2.45, 2.75) is 116 Å². The number of nitrogens with one attached hydrogen (secondary N) is 1. The Morgan fingerprint density at radius 1 is 0.828 bits per heavy atom. The van der Waals surface area contributed by atoms with Crippen LogP contribution < -0.4 is 32.0 Å². The lowest BCUT2D eigenvalue weighted by Crippen LogP contribution is -2.46. The fourth-order valence-corrected chi connectivity index (χ4v) is 8.21. The fraction of sp³-hybridized carbons (Fsp3) is 0.531. The first kappa shape index (κ1) is 51.7. The number of likely N-dealkylation sites (N-methyl/N-ethyl adjacent to an activating group) is 1. The van der Waals surface area contributed by atoms with Gasteiger partial charge in [0.1, 0.15) is 30.8 Å². The van der Waals surface area contributed by atoms with E-state index in [4.69, 9.17) is 26.7 Å². The molecule has 0 saturated heterocycles. The van der Waals surface area contributed by atoms with E-state index in [1.165, 1.54) is 44.1 Å². The molecule has 0 aliphatic carbocycles. The van der Waals surface area contributed by atoms with Crippen molar-refractivity contribution in [3.63, 3.8) is 0 Å². The molecule has 4 atom stereocenters. The van der Waals surface area contributed by atoms with Gasteiger partial charge >= 0.3 is 7.12 Å². The molecule has 2 amide bonds. The second-order valence-corrected chi connectivity index (χ2v) is 17.0. The monoisotopic (exact) mass is 884 g/mol. The van der Waals surface area contributed by atoms with E-state index in [2.05, 4.69) is 12.2 Å². The van der Waals surface area contributed by atoms with Crippen molar-refractivity contribution in [2.24, 2.45) is 29.0 Å². The lowest BCUT2D eigenvalue weighted by Gasteiger charge is -2.32. The molecule has 0 saturated carbocycles. The van der Waals surface area contributed by atoms with Crippen LogP contribution in [0.15, 0.2) is 60.7 Å². The highest BCUT2D eigenvalue weighted by molar-refractivity contribution is 6.41. The number of aryl methyl sites for hydroxylation is 1. The minimum atomic E-state index is -1.71. The van der Waals surface area contributed by atoms with Crippen LogP contribution in [0.4, 0.5) is 0 Å². The Labute approximate surface area is 379 Å². The predicted octanol–water partition coefficient (Wildman–Crippen LogP) is 5.13. The average Bonchev–Trinajstić information content (AvgIpc) is 3.28. The average molecular weight is 884 g/mol. The molecule has 348 valence electrons. The zero-order valence-electron chi connectivity index (χ0n) is 38.0. The lowest BCUT2D eigenvalue weighted by atomic mass is 9.82. The summed E-state index contributed by atoms with van der Waals surface area (Å²) >= 11 is 0. The van der Waals surface area contributed by atoms with Crippen LogP contribution in [0.1, 0.15) is 118 Å². The van der Waals surface area contributed by atoms with Gasteiger partial charge in [-0.1, -0.05) is 82.3 Å². The summed E-state index contributed by atoms with van der Waals surface area (Å²) in [4.78, 5) is 72.0. The molecule has 15 heteroatoms. The molecule has 0 unspecified atom stereocenters. The summed E-state index contributed by atoms with van der Waals surface area (Å²) in [7, 11) is -0.176. The normalized spacial score (nSPS) is 16.9. The van der Waals surface area contributed by atoms with E-state index in [-0.39, 0.29) is 64.1 Å². The van der Waals surface area contributed by atoms with Crippen LogP contribution in [0.3, 0.4) is 0 Å². The number of ketones is 3. The molecule has 3 aromatic carbocycles. The lowest BCUT2D eigenvalue weighted by molar-refractivity contribution is -0.142. The Morgan fingerprint density at radius 3 is 2.11 bits per heavy atom. The van der Waals surface area contributed by atoms with Crippen molar-refractivity contribution in [3.05, 3.63) is 82.9 Å². The molecule has 4 rings (SSSR count). The highest BCUT2D eigenvalue weighted by Crippen LogP contribution is 2.41. The maximum atomic E-state index is 14.8. The number of hydrogen-bond donors (Lipinski definition) is 6. The van der Waals surface area contributed by atoms with Crippen LogP contribution in [0, 0.1) is 11.8 Å². The van der Waals surface area contributed by atoms with Gasteiger partial charge in [-0.25, -0.2) is 0 Å². The quantitative estimate of drug-likeness (QED) is 0.0369. The van der Waals surface area contributed by atoms with Gasteiger partial charge in [0.2, 0.25) is 11.8 Å². The maximum Gasteiger partial charge on any atom is 0.451 e. The van der Waals surface area contributed by atoms with Gasteiger partial charge in [-0.15, -0.1) is 0 Å². The summed E-state index contributed by atoms with van der Waals surface area (Å²) < 4.78 is 12.2. The van der Waals surface area contributed by atoms with Crippen molar-refractivity contribution in [1.29, 1.82) is 0 Å². The van der Waals surface area contributed by atoms with Gasteiger partial charge in [-0.05, 0) is 85.9 Å². The van der Waals surface area contributed by atoms with Crippen LogP contribution in [0.25, 0.3) is 11.1 Å². The van der Waals surface area contributed by atoms with Crippen LogP contribution in [0.5, 0.6) is 11.5 Å². The van der Waals surface area contributed by atoms with E-state index in [1.807, 2.05) is 30.3 Å². The van der Waals surface area contributed by atoms with Crippen molar-refractivity contribution in [3.8, 4) is 22.6 Å². The molecular weight excluding hydrogens is 813 g/mol. The minimum Gasteiger partial charge on any atom is -0.492 e. The van der Waals surface area contributed by atoms with Crippen molar-refractivity contribution in [1.82, 2.24) is 10.2 Å². The molecule has 1 aliphatic heterocycles. The molecule has 64 heavy (non-hydrogen) atoms. The van der Waals surface area contributed by atoms with Gasteiger partial charge in [-0.3, -0.25) is 24.0 Å². The molecule has 9 N–H and O–H groups in total. The topological polar surface area (TPSA) is 238 Å². The summed E-state index contributed by atoms with van der Waals surface area (Å²) in [6.07, 6.45) is 8.13. The Bertz CT molecular complexity index is 2000. The summed E-state index contributed by atoms with van der Waals surface area (Å²) in [5.41, 5.74) is 21.4. The highest BCUT2D eigenvalue weighted by Gasteiger charge is 2.36. The second kappa shape index (κ2) is 26.8. The molecule has 1 aliphatic rings. The van der Waals surface area contributed by atoms with E-state index >= 15 is 0 Å². The Kier molecular flexibility index (Phi) is 21.6. The second-order valence-electron chi connectivity index (χ2n) is 17.0. The number of nitrogens with two attached hydrogens (primary N) is 3. The largest absolute Gasteiger partial charge is 0.492 e. The van der Waals surface area contributed by atoms with E-state index in [1.54, 1.807) is 37.3 Å². The third kappa shape index (κ3) is 15.4. The number of rotatable bonds is 25. The predicted molar refractivity (Wildman–Crippen MR) is 250 cm³/mol. The van der Waals surface area contributed by atoms with Crippen LogP contribution >= 0.6 is 0 Å². The molecule has 0 aromatic heterocycles. The first-order valence-electron chi connectivity index (χ1n) is 23.0. The number of nitrogens with zero attached hydrogens (tertiary/aromatic N) is 1. The molecule has 1 heterocycles. The van der Waals surface area contributed by atoms with Gasteiger partial charge in [0.25, 0.3) is 0 Å². The van der Waals surface area contributed by atoms with Gasteiger partial charge in [0.15, 0.2) is 17.3 Å². The smallest absolute Gasteiger partial charge is 0.451 e. The van der Waals surface area contributed by atoms with Crippen molar-refractivity contribution in [2.75, 3.05) is 39.9 Å². The van der Waals surface area contributed by atoms with E-state index < -0.39 is 54.4 Å². The first-order valence-corrected chi connectivity index (χ1v) is 23.0. The number of benzene rings is 3. The standard InChI is InChI=1S/C49H70BN5O9/c1-4-5-6-7-8-9-11-34-13-16-36(17-14-34)43(57)32-38(12-10-23-51)49(60)55(3)47-37-18-20-46(64-27-25-53)40(31-37)39-29-35(15-19-45(39)63-26-24-52)30-41(42(56)21-22-50(61)62)54-48(59)33(2)28-44(47)58/h13-20,29,31,33,38,41,47,61-62H,4-12,21-28,30,32,51-53H2,1-3H3,(H,54,59)/t33-,38-,41+,47+/m1/s1. The van der Waals surface area contributed by atoms with Gasteiger partial charge in [0.05, 0.1) is 6.04 Å². The summed E-state index contributed by atoms with van der Waals surface area (Å²) in [5, 5.41) is 21.9. The number of carbonyl (C=O) groups is 5. The summed E-state index contributed by atoms with van der Waals surface area (Å²) in [6.45, 7) is 4.86. The van der Waals surface area contributed by atoms with Gasteiger partial charge in [-0.2, -0.15) is 0 Å². The van der Waals surface area contributed by atoms with E-state index in [0.717, 1.165) is 18.4 Å². The number of carbonyl (C=O) groups excluding carboxylic acids is 5. The van der Waals surface area contributed by atoms with Gasteiger partial charge in [0, 0.05) is 67.9 Å². The third-order valence-corrected chi connectivity index (χ3v) is 11.8. The Hall–Kier alpha value is -4.93. The highest BCUT2D eigenvalue weighted by atomic mass is 16.5. The molecule has 0 radical (unpaired) electrons. The number of amides is 2. The minimum absolute atomic E-state index is 0.0573. The van der Waals surface area contributed by atoms with Crippen LogP contribution in [-0.2, 0) is 32.0 Å². The number of ether oxygens (including phenoxy) is 2. The zero-order valence-corrected chi connectivity index (χ0v) is 38.0. The molecule has 14 nitrogen and oxygen atoms in total. The third-order valence-electron chi connectivity index (χ3n) is 11.8. The zero-order chi connectivity index (χ0) is 46.6. The molecular formula is C49H70BN5O9. The van der Waals surface area contributed by atoms with Crippen LogP contribution in [0.2, 0.25) is 6.32 Å². The number of unbranched alkanes of at least 4 members (excludes halogenated alkanes) is 5. The summed E-state index contributed by atoms with van der Waals surface area (Å²) in [5.74, 6) is -2.90. The van der Waals surface area contributed by atoms with Crippen molar-refractivity contribution < 1.29 is 43.5 Å².